The highest BCUT2D eigenvalue weighted by atomic mass is 16.5. The Labute approximate surface area is 112 Å². The molecule has 0 aliphatic carbocycles. The zero-order chi connectivity index (χ0) is 13.5. The number of amides is 1. The second-order valence-corrected chi connectivity index (χ2v) is 4.68. The summed E-state index contributed by atoms with van der Waals surface area (Å²) >= 11 is 0. The first-order valence-electron chi connectivity index (χ1n) is 6.58. The van der Waals surface area contributed by atoms with E-state index >= 15 is 0 Å². The van der Waals surface area contributed by atoms with Gasteiger partial charge in [0.25, 0.3) is 5.91 Å². The minimum atomic E-state index is -0.0729. The first-order chi connectivity index (χ1) is 9.31. The maximum Gasteiger partial charge on any atom is 0.292 e. The van der Waals surface area contributed by atoms with Crippen LogP contribution in [0, 0.1) is 5.92 Å². The molecule has 0 aromatic carbocycles. The van der Waals surface area contributed by atoms with Crippen LogP contribution in [-0.2, 0) is 9.47 Å². The first kappa shape index (κ1) is 14.0. The minimum absolute atomic E-state index is 0.0729. The Morgan fingerprint density at radius 1 is 1.47 bits per heavy atom. The molecule has 0 spiro atoms. The lowest BCUT2D eigenvalue weighted by Gasteiger charge is -2.31. The first-order valence-corrected chi connectivity index (χ1v) is 6.58. The monoisotopic (exact) mass is 268 g/mol. The van der Waals surface area contributed by atoms with Gasteiger partial charge < -0.3 is 18.9 Å². The number of ether oxygens (including phenoxy) is 2. The summed E-state index contributed by atoms with van der Waals surface area (Å²) in [5.74, 6) is 0.765. The van der Waals surface area contributed by atoms with E-state index in [4.69, 9.17) is 14.0 Å². The lowest BCUT2D eigenvalue weighted by molar-refractivity contribution is 0.0317. The van der Waals surface area contributed by atoms with Gasteiger partial charge in [0.05, 0.1) is 19.4 Å². The van der Waals surface area contributed by atoms with Crippen LogP contribution >= 0.6 is 0 Å². The van der Waals surface area contributed by atoms with Crippen LogP contribution in [0.25, 0.3) is 0 Å². The van der Waals surface area contributed by atoms with E-state index in [1.54, 1.807) is 13.2 Å². The molecule has 1 fully saturated rings. The normalized spacial score (nSPS) is 16.8. The molecule has 1 aliphatic rings. The Morgan fingerprint density at radius 2 is 2.26 bits per heavy atom. The number of hydrogen-bond acceptors (Lipinski definition) is 5. The highest BCUT2D eigenvalue weighted by molar-refractivity contribution is 5.91. The molecule has 1 aliphatic heterocycles. The van der Waals surface area contributed by atoms with Crippen molar-refractivity contribution in [1.82, 2.24) is 10.1 Å². The average Bonchev–Trinajstić information content (AvgIpc) is 2.98. The molecule has 106 valence electrons. The highest BCUT2D eigenvalue weighted by Crippen LogP contribution is 2.19. The number of nitrogens with zero attached hydrogens (tertiary/aromatic N) is 2. The number of carbonyl (C=O) groups is 1. The van der Waals surface area contributed by atoms with Crippen LogP contribution in [0.1, 0.15) is 23.4 Å². The second kappa shape index (κ2) is 7.25. The van der Waals surface area contributed by atoms with E-state index in [-0.39, 0.29) is 5.91 Å². The number of likely N-dealkylation sites (tertiary alicyclic amines) is 1. The molecule has 0 atom stereocenters. The van der Waals surface area contributed by atoms with E-state index < -0.39 is 0 Å². The number of rotatable bonds is 6. The summed E-state index contributed by atoms with van der Waals surface area (Å²) in [5, 5.41) is 3.56. The maximum atomic E-state index is 12.0. The van der Waals surface area contributed by atoms with Gasteiger partial charge >= 0.3 is 0 Å². The molecule has 2 heterocycles. The fourth-order valence-electron chi connectivity index (χ4n) is 2.18. The van der Waals surface area contributed by atoms with Crippen molar-refractivity contribution in [2.45, 2.75) is 12.8 Å². The van der Waals surface area contributed by atoms with Gasteiger partial charge in [-0.2, -0.15) is 0 Å². The lowest BCUT2D eigenvalue weighted by atomic mass is 9.97. The fraction of sp³-hybridized carbons (Fsp3) is 0.692. The number of piperidine rings is 1. The van der Waals surface area contributed by atoms with Crippen molar-refractivity contribution < 1.29 is 18.8 Å². The minimum Gasteiger partial charge on any atom is -0.382 e. The van der Waals surface area contributed by atoms with Crippen molar-refractivity contribution in [1.29, 1.82) is 0 Å². The largest absolute Gasteiger partial charge is 0.382 e. The summed E-state index contributed by atoms with van der Waals surface area (Å²) in [6.07, 6.45) is 3.42. The SMILES string of the molecule is COCCOCC1CCN(C(=O)c2ccno2)CC1. The summed E-state index contributed by atoms with van der Waals surface area (Å²) in [4.78, 5) is 13.8. The zero-order valence-corrected chi connectivity index (χ0v) is 11.2. The van der Waals surface area contributed by atoms with Gasteiger partial charge in [-0.1, -0.05) is 5.16 Å². The number of aromatic nitrogens is 1. The van der Waals surface area contributed by atoms with Crippen LogP contribution in [-0.4, -0.2) is 56.0 Å². The van der Waals surface area contributed by atoms with Crippen LogP contribution in [0.15, 0.2) is 16.8 Å². The summed E-state index contributed by atoms with van der Waals surface area (Å²) < 4.78 is 15.3. The van der Waals surface area contributed by atoms with E-state index in [2.05, 4.69) is 5.16 Å². The van der Waals surface area contributed by atoms with Gasteiger partial charge in [0.1, 0.15) is 0 Å². The van der Waals surface area contributed by atoms with Crippen molar-refractivity contribution in [2.24, 2.45) is 5.92 Å². The molecular weight excluding hydrogens is 248 g/mol. The third-order valence-corrected chi connectivity index (χ3v) is 3.34. The molecule has 6 heteroatoms. The molecular formula is C13H20N2O4. The van der Waals surface area contributed by atoms with E-state index in [0.717, 1.165) is 32.5 Å². The molecule has 19 heavy (non-hydrogen) atoms. The van der Waals surface area contributed by atoms with Gasteiger partial charge in [-0.05, 0) is 18.8 Å². The maximum absolute atomic E-state index is 12.0. The summed E-state index contributed by atoms with van der Waals surface area (Å²) in [6.45, 7) is 3.50. The van der Waals surface area contributed by atoms with Crippen LogP contribution in [0.4, 0.5) is 0 Å². The average molecular weight is 268 g/mol. The summed E-state index contributed by atoms with van der Waals surface area (Å²) in [5.41, 5.74) is 0. The number of hydrogen-bond donors (Lipinski definition) is 0. The van der Waals surface area contributed by atoms with E-state index in [1.807, 2.05) is 4.90 Å². The van der Waals surface area contributed by atoms with Gasteiger partial charge in [0, 0.05) is 32.9 Å². The van der Waals surface area contributed by atoms with E-state index in [9.17, 15) is 4.79 Å². The van der Waals surface area contributed by atoms with Crippen molar-refractivity contribution in [3.8, 4) is 0 Å². The molecule has 2 rings (SSSR count). The molecule has 1 saturated heterocycles. The Balaban J connectivity index is 1.69. The number of methoxy groups -OCH3 is 1. The van der Waals surface area contributed by atoms with E-state index in [1.165, 1.54) is 6.20 Å². The molecule has 0 N–H and O–H groups in total. The van der Waals surface area contributed by atoms with Crippen LogP contribution in [0.3, 0.4) is 0 Å². The molecule has 1 aromatic heterocycles. The molecule has 1 aromatic rings. The third kappa shape index (κ3) is 4.04. The quantitative estimate of drug-likeness (QED) is 0.725. The standard InChI is InChI=1S/C13H20N2O4/c1-17-8-9-18-10-11-3-6-15(7-4-11)13(16)12-2-5-14-19-12/h2,5,11H,3-4,6-10H2,1H3. The van der Waals surface area contributed by atoms with Crippen molar-refractivity contribution in [3.63, 3.8) is 0 Å². The predicted molar refractivity (Wildman–Crippen MR) is 67.8 cm³/mol. The summed E-state index contributed by atoms with van der Waals surface area (Å²) in [7, 11) is 1.66. The highest BCUT2D eigenvalue weighted by Gasteiger charge is 2.25. The van der Waals surface area contributed by atoms with Gasteiger partial charge in [-0.25, -0.2) is 0 Å². The molecule has 0 unspecified atom stereocenters. The Morgan fingerprint density at radius 3 is 2.89 bits per heavy atom. The summed E-state index contributed by atoms with van der Waals surface area (Å²) in [6, 6.07) is 1.60. The Bertz CT molecular complexity index is 372. The predicted octanol–water partition coefficient (Wildman–Crippen LogP) is 1.19. The van der Waals surface area contributed by atoms with Gasteiger partial charge in [-0.3, -0.25) is 4.79 Å². The third-order valence-electron chi connectivity index (χ3n) is 3.34. The van der Waals surface area contributed by atoms with E-state index in [0.29, 0.717) is 24.9 Å². The zero-order valence-electron chi connectivity index (χ0n) is 11.2. The van der Waals surface area contributed by atoms with Crippen LogP contribution < -0.4 is 0 Å². The smallest absolute Gasteiger partial charge is 0.292 e. The van der Waals surface area contributed by atoms with Crippen molar-refractivity contribution >= 4 is 5.91 Å². The second-order valence-electron chi connectivity index (χ2n) is 4.68. The molecule has 1 amide bonds. The Hall–Kier alpha value is -1.40. The fourth-order valence-corrected chi connectivity index (χ4v) is 2.18. The topological polar surface area (TPSA) is 64.8 Å². The lowest BCUT2D eigenvalue weighted by Crippen LogP contribution is -2.39. The van der Waals surface area contributed by atoms with Crippen molar-refractivity contribution in [3.05, 3.63) is 18.0 Å². The van der Waals surface area contributed by atoms with Crippen molar-refractivity contribution in [2.75, 3.05) is 40.0 Å². The van der Waals surface area contributed by atoms with Gasteiger partial charge in [-0.15, -0.1) is 0 Å². The van der Waals surface area contributed by atoms with Gasteiger partial charge in [0.15, 0.2) is 0 Å². The van der Waals surface area contributed by atoms with Gasteiger partial charge in [0.2, 0.25) is 5.76 Å². The van der Waals surface area contributed by atoms with Crippen LogP contribution in [0.5, 0.6) is 0 Å². The van der Waals surface area contributed by atoms with Crippen LogP contribution in [0.2, 0.25) is 0 Å². The molecule has 0 bridgehead atoms. The number of carbonyl (C=O) groups excluding carboxylic acids is 1. The molecule has 6 nitrogen and oxygen atoms in total. The molecule has 0 saturated carbocycles. The molecule has 0 radical (unpaired) electrons. The Kier molecular flexibility index (Phi) is 5.35.